The van der Waals surface area contributed by atoms with Gasteiger partial charge in [-0.05, 0) is 48.4 Å². The molecule has 0 aliphatic rings. The number of hydrogen-bond acceptors (Lipinski definition) is 6. The Morgan fingerprint density at radius 1 is 0.966 bits per heavy atom. The molecule has 0 fully saturated rings. The Labute approximate surface area is 168 Å². The van der Waals surface area contributed by atoms with Gasteiger partial charge in [0, 0.05) is 23.3 Å². The quantitative estimate of drug-likeness (QED) is 0.465. The second-order valence-corrected chi connectivity index (χ2v) is 6.81. The molecule has 0 aliphatic heterocycles. The van der Waals surface area contributed by atoms with Gasteiger partial charge in [-0.15, -0.1) is 0 Å². The summed E-state index contributed by atoms with van der Waals surface area (Å²) in [5.74, 6) is 1.15. The van der Waals surface area contributed by atoms with Gasteiger partial charge in [-0.25, -0.2) is 4.98 Å². The summed E-state index contributed by atoms with van der Waals surface area (Å²) in [6.45, 7) is 1.98. The first kappa shape index (κ1) is 18.6. The van der Waals surface area contributed by atoms with Gasteiger partial charge in [0.2, 0.25) is 0 Å². The van der Waals surface area contributed by atoms with Crippen molar-refractivity contribution in [1.82, 2.24) is 9.97 Å². The molecule has 4 aromatic rings. The van der Waals surface area contributed by atoms with Crippen molar-refractivity contribution in [3.05, 3.63) is 83.7 Å². The van der Waals surface area contributed by atoms with Crippen LogP contribution >= 0.6 is 0 Å². The molecule has 0 bridgehead atoms. The molecule has 6 heteroatoms. The van der Waals surface area contributed by atoms with Crippen molar-refractivity contribution in [1.29, 1.82) is 0 Å². The van der Waals surface area contributed by atoms with Crippen LogP contribution in [0.5, 0.6) is 17.2 Å². The molecule has 0 aliphatic carbocycles. The summed E-state index contributed by atoms with van der Waals surface area (Å²) in [7, 11) is 1.50. The first-order valence-corrected chi connectivity index (χ1v) is 9.19. The zero-order valence-corrected chi connectivity index (χ0v) is 16.1. The summed E-state index contributed by atoms with van der Waals surface area (Å²) in [5.41, 5.74) is 2.95. The third kappa shape index (κ3) is 3.65. The fourth-order valence-corrected chi connectivity index (χ4v) is 3.37. The van der Waals surface area contributed by atoms with Gasteiger partial charge in [0.1, 0.15) is 17.1 Å². The maximum absolute atomic E-state index is 11.0. The molecule has 0 unspecified atom stereocenters. The minimum absolute atomic E-state index is 0.0207. The number of phenols is 2. The maximum Gasteiger partial charge on any atom is 0.160 e. The summed E-state index contributed by atoms with van der Waals surface area (Å²) in [6.07, 6.45) is 3.37. The van der Waals surface area contributed by atoms with Crippen LogP contribution in [-0.2, 0) is 0 Å². The van der Waals surface area contributed by atoms with Crippen LogP contribution in [0.1, 0.15) is 22.7 Å². The SMILES string of the molecule is COc1ccc([C@H](Nc2cc(C)ccn2)c2ccc3cccnc3c2O)cc1O. The van der Waals surface area contributed by atoms with Gasteiger partial charge in [0.05, 0.1) is 13.2 Å². The van der Waals surface area contributed by atoms with Gasteiger partial charge >= 0.3 is 0 Å². The van der Waals surface area contributed by atoms with E-state index < -0.39 is 6.04 Å². The van der Waals surface area contributed by atoms with E-state index >= 15 is 0 Å². The molecule has 4 rings (SSSR count). The standard InChI is InChI=1S/C23H21N3O3/c1-14-9-11-24-20(12-14)26-21(16-6-8-19(29-2)18(27)13-16)17-7-5-15-4-3-10-25-22(15)23(17)28/h3-13,21,27-28H,1-2H3,(H,24,26)/t21-/m0/s1. The first-order chi connectivity index (χ1) is 14.1. The van der Waals surface area contributed by atoms with Crippen molar-refractivity contribution in [2.24, 2.45) is 0 Å². The highest BCUT2D eigenvalue weighted by Gasteiger charge is 2.21. The van der Waals surface area contributed by atoms with Crippen LogP contribution in [0.15, 0.2) is 67.0 Å². The topological polar surface area (TPSA) is 87.5 Å². The molecule has 1 atom stereocenters. The number of aromatic hydroxyl groups is 2. The lowest BCUT2D eigenvalue weighted by Crippen LogP contribution is -2.14. The highest BCUT2D eigenvalue weighted by atomic mass is 16.5. The van der Waals surface area contributed by atoms with Gasteiger partial charge in [-0.2, -0.15) is 0 Å². The van der Waals surface area contributed by atoms with E-state index in [9.17, 15) is 10.2 Å². The zero-order chi connectivity index (χ0) is 20.4. The lowest BCUT2D eigenvalue weighted by Gasteiger charge is -2.22. The molecule has 2 aromatic carbocycles. The van der Waals surface area contributed by atoms with E-state index in [1.807, 2.05) is 49.4 Å². The molecule has 146 valence electrons. The van der Waals surface area contributed by atoms with Gasteiger partial charge in [0.25, 0.3) is 0 Å². The van der Waals surface area contributed by atoms with Gasteiger partial charge in [-0.1, -0.05) is 24.3 Å². The van der Waals surface area contributed by atoms with Crippen molar-refractivity contribution in [2.45, 2.75) is 13.0 Å². The molecule has 2 aromatic heterocycles. The van der Waals surface area contributed by atoms with E-state index in [1.165, 1.54) is 7.11 Å². The molecular weight excluding hydrogens is 366 g/mol. The summed E-state index contributed by atoms with van der Waals surface area (Å²) >= 11 is 0. The Morgan fingerprint density at radius 3 is 2.59 bits per heavy atom. The summed E-state index contributed by atoms with van der Waals surface area (Å²) in [5, 5.41) is 25.5. The predicted octanol–water partition coefficient (Wildman–Crippen LogP) is 4.56. The average Bonchev–Trinajstić information content (AvgIpc) is 2.73. The van der Waals surface area contributed by atoms with Crippen molar-refractivity contribution >= 4 is 16.7 Å². The number of aryl methyl sites for hydroxylation is 1. The second-order valence-electron chi connectivity index (χ2n) is 6.81. The van der Waals surface area contributed by atoms with Crippen LogP contribution in [0.4, 0.5) is 5.82 Å². The largest absolute Gasteiger partial charge is 0.505 e. The molecule has 2 heterocycles. The molecule has 6 nitrogen and oxygen atoms in total. The number of nitrogens with zero attached hydrogens (tertiary/aromatic N) is 2. The number of fused-ring (bicyclic) bond motifs is 1. The van der Waals surface area contributed by atoms with Gasteiger partial charge in [0.15, 0.2) is 11.5 Å². The lowest BCUT2D eigenvalue weighted by molar-refractivity contribution is 0.373. The molecule has 0 saturated heterocycles. The second kappa shape index (κ2) is 7.67. The number of ether oxygens (including phenoxy) is 1. The average molecular weight is 387 g/mol. The van der Waals surface area contributed by atoms with Crippen molar-refractivity contribution in [2.75, 3.05) is 12.4 Å². The van der Waals surface area contributed by atoms with E-state index in [-0.39, 0.29) is 11.5 Å². The van der Waals surface area contributed by atoms with Gasteiger partial charge < -0.3 is 20.3 Å². The fourth-order valence-electron chi connectivity index (χ4n) is 3.37. The number of benzene rings is 2. The highest BCUT2D eigenvalue weighted by Crippen LogP contribution is 2.38. The minimum atomic E-state index is -0.465. The number of pyridine rings is 2. The van der Waals surface area contributed by atoms with E-state index in [2.05, 4.69) is 15.3 Å². The maximum atomic E-state index is 11.0. The number of phenolic OH excluding ortho intramolecular Hbond substituents is 2. The number of methoxy groups -OCH3 is 1. The van der Waals surface area contributed by atoms with Crippen LogP contribution in [0.25, 0.3) is 10.9 Å². The van der Waals surface area contributed by atoms with Crippen molar-refractivity contribution in [3.63, 3.8) is 0 Å². The van der Waals surface area contributed by atoms with E-state index in [1.54, 1.807) is 24.5 Å². The van der Waals surface area contributed by atoms with Crippen LogP contribution in [0.2, 0.25) is 0 Å². The van der Waals surface area contributed by atoms with Crippen LogP contribution in [-0.4, -0.2) is 27.3 Å². The Bertz CT molecular complexity index is 1180. The summed E-state index contributed by atoms with van der Waals surface area (Å²) in [4.78, 5) is 8.70. The first-order valence-electron chi connectivity index (χ1n) is 9.19. The third-order valence-corrected chi connectivity index (χ3v) is 4.83. The summed E-state index contributed by atoms with van der Waals surface area (Å²) in [6, 6.07) is 16.0. The van der Waals surface area contributed by atoms with Crippen LogP contribution in [0.3, 0.4) is 0 Å². The normalized spacial score (nSPS) is 11.9. The molecular formula is C23H21N3O3. The van der Waals surface area contributed by atoms with E-state index in [0.29, 0.717) is 22.6 Å². The monoisotopic (exact) mass is 387 g/mol. The van der Waals surface area contributed by atoms with E-state index in [0.717, 1.165) is 16.5 Å². The van der Waals surface area contributed by atoms with Crippen molar-refractivity contribution < 1.29 is 14.9 Å². The molecule has 0 spiro atoms. The molecule has 0 amide bonds. The fraction of sp³-hybridized carbons (Fsp3) is 0.130. The summed E-state index contributed by atoms with van der Waals surface area (Å²) < 4.78 is 5.16. The van der Waals surface area contributed by atoms with E-state index in [4.69, 9.17) is 4.74 Å². The van der Waals surface area contributed by atoms with Crippen molar-refractivity contribution in [3.8, 4) is 17.2 Å². The minimum Gasteiger partial charge on any atom is -0.505 e. The Balaban J connectivity index is 1.86. The number of hydrogen-bond donors (Lipinski definition) is 3. The Hall–Kier alpha value is -3.80. The number of rotatable bonds is 5. The van der Waals surface area contributed by atoms with Crippen LogP contribution in [0, 0.1) is 6.92 Å². The number of aromatic nitrogens is 2. The third-order valence-electron chi connectivity index (χ3n) is 4.83. The lowest BCUT2D eigenvalue weighted by atomic mass is 9.95. The molecule has 0 saturated carbocycles. The zero-order valence-electron chi connectivity index (χ0n) is 16.1. The molecule has 0 radical (unpaired) electrons. The highest BCUT2D eigenvalue weighted by molar-refractivity contribution is 5.86. The number of nitrogens with one attached hydrogen (secondary N) is 1. The molecule has 3 N–H and O–H groups in total. The Morgan fingerprint density at radius 2 is 1.83 bits per heavy atom. The smallest absolute Gasteiger partial charge is 0.160 e. The number of anilines is 1. The van der Waals surface area contributed by atoms with Gasteiger partial charge in [-0.3, -0.25) is 4.98 Å². The Kier molecular flexibility index (Phi) is 4.91. The van der Waals surface area contributed by atoms with Crippen LogP contribution < -0.4 is 10.1 Å². The predicted molar refractivity (Wildman–Crippen MR) is 113 cm³/mol. The molecule has 29 heavy (non-hydrogen) atoms.